The Kier molecular flexibility index (Phi) is 7.11. The number of carbonyl (C=O) groups is 2. The number of aliphatic hydroxyl groups excluding tert-OH is 1. The summed E-state index contributed by atoms with van der Waals surface area (Å²) in [6, 6.07) is -1.05. The van der Waals surface area contributed by atoms with Crippen LogP contribution in [-0.4, -0.2) is 53.5 Å². The molecule has 0 radical (unpaired) electrons. The Bertz CT molecular complexity index is 399. The van der Waals surface area contributed by atoms with E-state index in [0.29, 0.717) is 25.3 Å². The van der Waals surface area contributed by atoms with Crippen LogP contribution in [0.4, 0.5) is 4.79 Å². The molecular formula is C16H29N3O4. The molecule has 23 heavy (non-hydrogen) atoms. The van der Waals surface area contributed by atoms with Gasteiger partial charge in [0.05, 0.1) is 12.1 Å². The average Bonchev–Trinajstić information content (AvgIpc) is 2.72. The maximum atomic E-state index is 12.5. The van der Waals surface area contributed by atoms with Crippen LogP contribution in [-0.2, 0) is 4.79 Å². The van der Waals surface area contributed by atoms with Gasteiger partial charge in [-0.2, -0.15) is 0 Å². The summed E-state index contributed by atoms with van der Waals surface area (Å²) in [4.78, 5) is 23.5. The van der Waals surface area contributed by atoms with E-state index in [0.717, 1.165) is 38.6 Å². The Morgan fingerprint density at radius 2 is 1.87 bits per heavy atom. The number of carboxylic acid groups (broad SMARTS) is 1. The van der Waals surface area contributed by atoms with Crippen LogP contribution in [0.2, 0.25) is 0 Å². The van der Waals surface area contributed by atoms with Gasteiger partial charge in [0.1, 0.15) is 6.04 Å². The first-order valence-electron chi connectivity index (χ1n) is 8.75. The van der Waals surface area contributed by atoms with Crippen molar-refractivity contribution in [2.45, 2.75) is 69.6 Å². The van der Waals surface area contributed by atoms with Crippen LogP contribution in [0.1, 0.15) is 51.4 Å². The molecule has 7 heteroatoms. The van der Waals surface area contributed by atoms with Crippen molar-refractivity contribution in [2.75, 3.05) is 13.1 Å². The fourth-order valence-corrected chi connectivity index (χ4v) is 3.62. The quantitative estimate of drug-likeness (QED) is 0.513. The highest BCUT2D eigenvalue weighted by atomic mass is 16.4. The van der Waals surface area contributed by atoms with Gasteiger partial charge in [-0.1, -0.05) is 32.1 Å². The van der Waals surface area contributed by atoms with Gasteiger partial charge in [-0.25, -0.2) is 4.79 Å². The van der Waals surface area contributed by atoms with Crippen LogP contribution in [0.3, 0.4) is 0 Å². The second-order valence-corrected chi connectivity index (χ2v) is 6.77. The van der Waals surface area contributed by atoms with Crippen molar-refractivity contribution in [3.05, 3.63) is 0 Å². The molecule has 1 aliphatic heterocycles. The lowest BCUT2D eigenvalue weighted by Crippen LogP contribution is -2.53. The van der Waals surface area contributed by atoms with Gasteiger partial charge in [0, 0.05) is 6.54 Å². The summed E-state index contributed by atoms with van der Waals surface area (Å²) in [7, 11) is 0. The number of hydrogen-bond acceptors (Lipinski definition) is 4. The summed E-state index contributed by atoms with van der Waals surface area (Å²) < 4.78 is 0. The van der Waals surface area contributed by atoms with Gasteiger partial charge in [-0.05, 0) is 31.7 Å². The summed E-state index contributed by atoms with van der Waals surface area (Å²) in [6.45, 7) is 1.27. The van der Waals surface area contributed by atoms with E-state index in [4.69, 9.17) is 5.11 Å². The number of aliphatic hydroxyl groups is 1. The van der Waals surface area contributed by atoms with Gasteiger partial charge in [-0.3, -0.25) is 4.79 Å². The van der Waals surface area contributed by atoms with Gasteiger partial charge >= 0.3 is 6.09 Å². The molecule has 7 nitrogen and oxygen atoms in total. The van der Waals surface area contributed by atoms with Crippen LogP contribution < -0.4 is 16.0 Å². The lowest BCUT2D eigenvalue weighted by Gasteiger charge is -2.28. The van der Waals surface area contributed by atoms with Crippen molar-refractivity contribution >= 4 is 12.0 Å². The number of carbonyl (C=O) groups excluding carboxylic acids is 1. The monoisotopic (exact) mass is 327 g/mol. The van der Waals surface area contributed by atoms with E-state index >= 15 is 0 Å². The molecule has 5 N–H and O–H groups in total. The number of hydrogen-bond donors (Lipinski definition) is 5. The maximum absolute atomic E-state index is 12.5. The van der Waals surface area contributed by atoms with Crippen LogP contribution in [0, 0.1) is 5.92 Å². The topological polar surface area (TPSA) is 111 Å². The second kappa shape index (κ2) is 9.08. The predicted octanol–water partition coefficient (Wildman–Crippen LogP) is 0.822. The highest BCUT2D eigenvalue weighted by molar-refractivity contribution is 5.85. The molecule has 0 bridgehead atoms. The highest BCUT2D eigenvalue weighted by Crippen LogP contribution is 2.27. The van der Waals surface area contributed by atoms with Crippen molar-refractivity contribution in [1.82, 2.24) is 16.0 Å². The Morgan fingerprint density at radius 1 is 1.13 bits per heavy atom. The van der Waals surface area contributed by atoms with Gasteiger partial charge in [0.2, 0.25) is 5.91 Å². The first-order valence-corrected chi connectivity index (χ1v) is 8.75. The molecule has 132 valence electrons. The summed E-state index contributed by atoms with van der Waals surface area (Å²) >= 11 is 0. The molecule has 2 fully saturated rings. The molecule has 0 aromatic rings. The number of rotatable bonds is 5. The molecule has 2 unspecified atom stereocenters. The molecule has 1 saturated heterocycles. The Labute approximate surface area is 137 Å². The zero-order chi connectivity index (χ0) is 16.7. The number of amides is 2. The smallest absolute Gasteiger partial charge is 0.405 e. The molecule has 0 aromatic heterocycles. The minimum absolute atomic E-state index is 0.316. The van der Waals surface area contributed by atoms with E-state index < -0.39 is 18.2 Å². The number of nitrogens with one attached hydrogen (secondary N) is 3. The fraction of sp³-hybridized carbons (Fsp3) is 0.875. The summed E-state index contributed by atoms with van der Waals surface area (Å²) in [5.41, 5.74) is 0. The van der Waals surface area contributed by atoms with E-state index in [2.05, 4.69) is 16.0 Å². The molecule has 2 amide bonds. The Balaban J connectivity index is 1.92. The lowest BCUT2D eigenvalue weighted by molar-refractivity contribution is -0.125. The van der Waals surface area contributed by atoms with E-state index in [1.54, 1.807) is 0 Å². The van der Waals surface area contributed by atoms with Gasteiger partial charge in [0.25, 0.3) is 0 Å². The Hall–Kier alpha value is -1.34. The molecule has 0 aromatic carbocycles. The number of β-amino-alcohol motifs (C(OH)–C–C–N with tert-alkyl or cyclic N) is 1. The first-order chi connectivity index (χ1) is 11.1. The molecular weight excluding hydrogens is 298 g/mol. The fourth-order valence-electron chi connectivity index (χ4n) is 3.62. The van der Waals surface area contributed by atoms with Crippen molar-refractivity contribution in [3.8, 4) is 0 Å². The molecule has 1 saturated carbocycles. The third-order valence-corrected chi connectivity index (χ3v) is 4.92. The SMILES string of the molecule is O=C(O)NC(CC1CCCCC1)C(=O)NC1CCCNC[C@@H]1O. The zero-order valence-electron chi connectivity index (χ0n) is 13.6. The van der Waals surface area contributed by atoms with Crippen molar-refractivity contribution in [3.63, 3.8) is 0 Å². The summed E-state index contributed by atoms with van der Waals surface area (Å²) in [5.74, 6) is 0.0796. The lowest BCUT2D eigenvalue weighted by atomic mass is 9.84. The molecule has 2 rings (SSSR count). The highest BCUT2D eigenvalue weighted by Gasteiger charge is 2.29. The van der Waals surface area contributed by atoms with Gasteiger partial charge < -0.3 is 26.2 Å². The van der Waals surface area contributed by atoms with Gasteiger partial charge in [0.15, 0.2) is 0 Å². The van der Waals surface area contributed by atoms with Crippen LogP contribution >= 0.6 is 0 Å². The van der Waals surface area contributed by atoms with Crippen LogP contribution in [0.5, 0.6) is 0 Å². The van der Waals surface area contributed by atoms with E-state index in [9.17, 15) is 14.7 Å². The summed E-state index contributed by atoms with van der Waals surface area (Å²) in [6.07, 6.45) is 5.94. The zero-order valence-corrected chi connectivity index (χ0v) is 13.6. The largest absolute Gasteiger partial charge is 0.465 e. The van der Waals surface area contributed by atoms with Crippen molar-refractivity contribution in [1.29, 1.82) is 0 Å². The average molecular weight is 327 g/mol. The van der Waals surface area contributed by atoms with Crippen LogP contribution in [0.25, 0.3) is 0 Å². The van der Waals surface area contributed by atoms with Crippen LogP contribution in [0.15, 0.2) is 0 Å². The third kappa shape index (κ3) is 5.99. The Morgan fingerprint density at radius 3 is 2.57 bits per heavy atom. The predicted molar refractivity (Wildman–Crippen MR) is 86.2 cm³/mol. The first kappa shape index (κ1) is 18.0. The van der Waals surface area contributed by atoms with Crippen molar-refractivity contribution in [2.24, 2.45) is 5.92 Å². The molecule has 3 atom stereocenters. The van der Waals surface area contributed by atoms with E-state index in [-0.39, 0.29) is 11.9 Å². The van der Waals surface area contributed by atoms with E-state index in [1.165, 1.54) is 6.42 Å². The maximum Gasteiger partial charge on any atom is 0.405 e. The molecule has 1 aliphatic carbocycles. The molecule has 1 heterocycles. The second-order valence-electron chi connectivity index (χ2n) is 6.77. The minimum atomic E-state index is -1.18. The van der Waals surface area contributed by atoms with E-state index in [1.807, 2.05) is 0 Å². The molecule has 2 aliphatic rings. The molecule has 0 spiro atoms. The normalized spacial score (nSPS) is 27.7. The summed E-state index contributed by atoms with van der Waals surface area (Å²) in [5, 5.41) is 27.4. The van der Waals surface area contributed by atoms with Crippen molar-refractivity contribution < 1.29 is 19.8 Å². The minimum Gasteiger partial charge on any atom is -0.465 e. The third-order valence-electron chi connectivity index (χ3n) is 4.92. The standard InChI is InChI=1S/C16H29N3O4/c20-14-10-17-8-4-7-12(14)18-15(21)13(19-16(22)23)9-11-5-2-1-3-6-11/h11-14,17,19-20H,1-10H2,(H,18,21)(H,22,23)/t12?,13?,14-/m0/s1. The van der Waals surface area contributed by atoms with Gasteiger partial charge in [-0.15, -0.1) is 0 Å².